The van der Waals surface area contributed by atoms with E-state index in [1.807, 2.05) is 25.1 Å². The molecule has 7 nitrogen and oxygen atoms in total. The zero-order valence-corrected chi connectivity index (χ0v) is 19.5. The van der Waals surface area contributed by atoms with Crippen LogP contribution in [-0.4, -0.2) is 45.3 Å². The maximum Gasteiger partial charge on any atom is 0.264 e. The fourth-order valence-electron chi connectivity index (χ4n) is 2.87. The third-order valence-corrected chi connectivity index (χ3v) is 7.30. The van der Waals surface area contributed by atoms with Gasteiger partial charge in [0.15, 0.2) is 0 Å². The fraction of sp³-hybridized carbons (Fsp3) is 0.217. The quantitative estimate of drug-likeness (QED) is 0.360. The number of thioether (sulfide) groups is 1. The van der Waals surface area contributed by atoms with Crippen LogP contribution in [0.15, 0.2) is 82.8 Å². The van der Waals surface area contributed by atoms with Crippen LogP contribution >= 0.6 is 11.8 Å². The van der Waals surface area contributed by atoms with Crippen LogP contribution in [0, 0.1) is 6.92 Å². The molecule has 2 aromatic carbocycles. The standard InChI is InChI=1S/C23H25N3O4S2/c1-18-6-12-21(13-7-18)32(28,29)26(19-8-10-20(30-2)11-9-19)17-22(27)24-15-16-31-23-5-3-4-14-25-23/h3-14H,15-17H2,1-2H3,(H,24,27). The Kier molecular flexibility index (Phi) is 8.13. The summed E-state index contributed by atoms with van der Waals surface area (Å²) in [6, 6.07) is 18.7. The Morgan fingerprint density at radius 2 is 1.78 bits per heavy atom. The third-order valence-electron chi connectivity index (χ3n) is 4.57. The molecule has 9 heteroatoms. The topological polar surface area (TPSA) is 88.6 Å². The first kappa shape index (κ1) is 23.6. The van der Waals surface area contributed by atoms with Crippen molar-refractivity contribution in [3.63, 3.8) is 0 Å². The van der Waals surface area contributed by atoms with Gasteiger partial charge in [-0.05, 0) is 55.5 Å². The maximum absolute atomic E-state index is 13.4. The van der Waals surface area contributed by atoms with Gasteiger partial charge in [-0.15, -0.1) is 11.8 Å². The summed E-state index contributed by atoms with van der Waals surface area (Å²) in [5.41, 5.74) is 1.33. The number of ether oxygens (including phenoxy) is 1. The normalized spacial score (nSPS) is 11.1. The van der Waals surface area contributed by atoms with Gasteiger partial charge in [0.2, 0.25) is 5.91 Å². The molecule has 0 spiro atoms. The predicted molar refractivity (Wildman–Crippen MR) is 127 cm³/mol. The summed E-state index contributed by atoms with van der Waals surface area (Å²) < 4.78 is 33.0. The van der Waals surface area contributed by atoms with E-state index >= 15 is 0 Å². The minimum atomic E-state index is -3.94. The van der Waals surface area contributed by atoms with Crippen molar-refractivity contribution in [2.45, 2.75) is 16.8 Å². The molecule has 0 atom stereocenters. The first-order valence-corrected chi connectivity index (χ1v) is 12.4. The number of amides is 1. The van der Waals surface area contributed by atoms with Gasteiger partial charge in [0.1, 0.15) is 12.3 Å². The SMILES string of the molecule is COc1ccc(N(CC(=O)NCCSc2ccccn2)S(=O)(=O)c2ccc(C)cc2)cc1. The van der Waals surface area contributed by atoms with Gasteiger partial charge < -0.3 is 10.1 Å². The second-order valence-corrected chi connectivity index (χ2v) is 9.87. The molecule has 0 radical (unpaired) electrons. The van der Waals surface area contributed by atoms with Crippen molar-refractivity contribution in [3.05, 3.63) is 78.5 Å². The summed E-state index contributed by atoms with van der Waals surface area (Å²) in [6.45, 7) is 1.94. The number of sulfonamides is 1. The summed E-state index contributed by atoms with van der Waals surface area (Å²) in [7, 11) is -2.41. The van der Waals surface area contributed by atoms with E-state index in [-0.39, 0.29) is 11.4 Å². The molecule has 32 heavy (non-hydrogen) atoms. The van der Waals surface area contributed by atoms with Gasteiger partial charge in [-0.1, -0.05) is 23.8 Å². The number of carbonyl (C=O) groups is 1. The third kappa shape index (κ3) is 6.24. The predicted octanol–water partition coefficient (Wildman–Crippen LogP) is 3.50. The average Bonchev–Trinajstić information content (AvgIpc) is 2.81. The van der Waals surface area contributed by atoms with Crippen LogP contribution in [0.2, 0.25) is 0 Å². The number of anilines is 1. The lowest BCUT2D eigenvalue weighted by molar-refractivity contribution is -0.119. The minimum Gasteiger partial charge on any atom is -0.497 e. The number of pyridine rings is 1. The van der Waals surface area contributed by atoms with Crippen molar-refractivity contribution in [2.75, 3.05) is 30.3 Å². The van der Waals surface area contributed by atoms with E-state index in [0.717, 1.165) is 14.9 Å². The van der Waals surface area contributed by atoms with Crippen LogP contribution in [0.1, 0.15) is 5.56 Å². The zero-order chi connectivity index (χ0) is 23.0. The molecule has 1 amide bonds. The Labute approximate surface area is 192 Å². The number of hydrogen-bond donors (Lipinski definition) is 1. The van der Waals surface area contributed by atoms with E-state index in [1.165, 1.54) is 18.9 Å². The summed E-state index contributed by atoms with van der Waals surface area (Å²) in [5, 5.41) is 3.65. The summed E-state index contributed by atoms with van der Waals surface area (Å²) >= 11 is 1.51. The Balaban J connectivity index is 1.73. The van der Waals surface area contributed by atoms with Crippen molar-refractivity contribution < 1.29 is 17.9 Å². The maximum atomic E-state index is 13.4. The number of nitrogens with zero attached hydrogens (tertiary/aromatic N) is 2. The van der Waals surface area contributed by atoms with Crippen molar-refractivity contribution >= 4 is 33.4 Å². The van der Waals surface area contributed by atoms with Crippen molar-refractivity contribution in [1.29, 1.82) is 0 Å². The number of aryl methyl sites for hydroxylation is 1. The molecule has 1 N–H and O–H groups in total. The van der Waals surface area contributed by atoms with Gasteiger partial charge in [0, 0.05) is 18.5 Å². The molecule has 0 aliphatic carbocycles. The first-order valence-electron chi connectivity index (χ1n) is 9.94. The Morgan fingerprint density at radius 3 is 2.41 bits per heavy atom. The van der Waals surface area contributed by atoms with Gasteiger partial charge in [-0.25, -0.2) is 13.4 Å². The van der Waals surface area contributed by atoms with E-state index in [2.05, 4.69) is 10.3 Å². The zero-order valence-electron chi connectivity index (χ0n) is 17.9. The lowest BCUT2D eigenvalue weighted by Gasteiger charge is -2.24. The number of rotatable bonds is 10. The molecule has 0 saturated heterocycles. The van der Waals surface area contributed by atoms with Crippen LogP contribution in [0.25, 0.3) is 0 Å². The first-order chi connectivity index (χ1) is 15.4. The second-order valence-electron chi connectivity index (χ2n) is 6.89. The van der Waals surface area contributed by atoms with Crippen LogP contribution < -0.4 is 14.4 Å². The Hall–Kier alpha value is -3.04. The molecular formula is C23H25N3O4S2. The highest BCUT2D eigenvalue weighted by Gasteiger charge is 2.27. The molecule has 1 heterocycles. The monoisotopic (exact) mass is 471 g/mol. The molecule has 0 bridgehead atoms. The van der Waals surface area contributed by atoms with Crippen LogP contribution in [-0.2, 0) is 14.8 Å². The van der Waals surface area contributed by atoms with E-state index in [9.17, 15) is 13.2 Å². The van der Waals surface area contributed by atoms with Crippen molar-refractivity contribution in [2.24, 2.45) is 0 Å². The van der Waals surface area contributed by atoms with Gasteiger partial charge in [0.05, 0.1) is 22.7 Å². The Bertz CT molecular complexity index is 1120. The highest BCUT2D eigenvalue weighted by Crippen LogP contribution is 2.26. The number of methoxy groups -OCH3 is 1. The summed E-state index contributed by atoms with van der Waals surface area (Å²) in [6.07, 6.45) is 1.71. The lowest BCUT2D eigenvalue weighted by atomic mass is 10.2. The van der Waals surface area contributed by atoms with Gasteiger partial charge in [-0.3, -0.25) is 9.10 Å². The van der Waals surface area contributed by atoms with Crippen LogP contribution in [0.3, 0.4) is 0 Å². The Morgan fingerprint density at radius 1 is 1.06 bits per heavy atom. The van der Waals surface area contributed by atoms with Gasteiger partial charge >= 0.3 is 0 Å². The number of carbonyl (C=O) groups excluding carboxylic acids is 1. The number of hydrogen-bond acceptors (Lipinski definition) is 6. The van der Waals surface area contributed by atoms with Crippen LogP contribution in [0.5, 0.6) is 5.75 Å². The smallest absolute Gasteiger partial charge is 0.264 e. The average molecular weight is 472 g/mol. The molecule has 0 saturated carbocycles. The van der Waals surface area contributed by atoms with Crippen molar-refractivity contribution in [1.82, 2.24) is 10.3 Å². The van der Waals surface area contributed by atoms with Crippen molar-refractivity contribution in [3.8, 4) is 5.75 Å². The molecule has 0 aliphatic rings. The molecule has 3 rings (SSSR count). The summed E-state index contributed by atoms with van der Waals surface area (Å²) in [5.74, 6) is 0.825. The molecule has 0 unspecified atom stereocenters. The highest BCUT2D eigenvalue weighted by molar-refractivity contribution is 7.99. The van der Waals surface area contributed by atoms with Gasteiger partial charge in [-0.2, -0.15) is 0 Å². The van der Waals surface area contributed by atoms with E-state index in [0.29, 0.717) is 23.7 Å². The molecule has 0 fully saturated rings. The van der Waals surface area contributed by atoms with E-state index in [1.54, 1.807) is 54.7 Å². The lowest BCUT2D eigenvalue weighted by Crippen LogP contribution is -2.41. The molecule has 1 aromatic heterocycles. The number of nitrogens with one attached hydrogen (secondary N) is 1. The highest BCUT2D eigenvalue weighted by atomic mass is 32.2. The summed E-state index contributed by atoms with van der Waals surface area (Å²) in [4.78, 5) is 17.0. The molecule has 0 aliphatic heterocycles. The second kappa shape index (κ2) is 11.0. The van der Waals surface area contributed by atoms with Crippen LogP contribution in [0.4, 0.5) is 5.69 Å². The van der Waals surface area contributed by atoms with E-state index < -0.39 is 15.9 Å². The number of aromatic nitrogens is 1. The molecule has 3 aromatic rings. The van der Waals surface area contributed by atoms with Gasteiger partial charge in [0.25, 0.3) is 10.0 Å². The molecule has 168 valence electrons. The fourth-order valence-corrected chi connectivity index (χ4v) is 5.01. The number of benzene rings is 2. The largest absolute Gasteiger partial charge is 0.497 e. The molecular weight excluding hydrogens is 446 g/mol. The van der Waals surface area contributed by atoms with E-state index in [4.69, 9.17) is 4.74 Å². The minimum absolute atomic E-state index is 0.123.